The molecule has 0 fully saturated rings. The van der Waals surface area contributed by atoms with Gasteiger partial charge < -0.3 is 9.64 Å². The van der Waals surface area contributed by atoms with Gasteiger partial charge in [0.15, 0.2) is 0 Å². The predicted molar refractivity (Wildman–Crippen MR) is 58.0 cm³/mol. The Morgan fingerprint density at radius 1 is 1.44 bits per heavy atom. The van der Waals surface area contributed by atoms with Crippen LogP contribution in [0.3, 0.4) is 0 Å². The third-order valence-corrected chi connectivity index (χ3v) is 2.05. The normalized spacial score (nSPS) is 9.69. The molecule has 5 nitrogen and oxygen atoms in total. The van der Waals surface area contributed by atoms with Crippen molar-refractivity contribution in [2.75, 3.05) is 20.7 Å². The van der Waals surface area contributed by atoms with Crippen LogP contribution in [0.4, 0.5) is 0 Å². The summed E-state index contributed by atoms with van der Waals surface area (Å²) in [6, 6.07) is 5.17. The first-order chi connectivity index (χ1) is 7.54. The number of amides is 1. The van der Waals surface area contributed by atoms with E-state index in [4.69, 9.17) is 0 Å². The van der Waals surface area contributed by atoms with Gasteiger partial charge in [0.25, 0.3) is 5.91 Å². The molecule has 1 amide bonds. The second kappa shape index (κ2) is 5.25. The first-order valence-electron chi connectivity index (χ1n) is 4.80. The quantitative estimate of drug-likeness (QED) is 0.704. The lowest BCUT2D eigenvalue weighted by Gasteiger charge is -2.14. The number of likely N-dealkylation sites (N-methyl/N-ethyl adjacent to an activating group) is 1. The fraction of sp³-hybridized carbons (Fsp3) is 0.364. The summed E-state index contributed by atoms with van der Waals surface area (Å²) in [6.45, 7) is 1.72. The first kappa shape index (κ1) is 12.2. The van der Waals surface area contributed by atoms with Gasteiger partial charge in [-0.25, -0.2) is 4.98 Å². The second-order valence-electron chi connectivity index (χ2n) is 3.40. The van der Waals surface area contributed by atoms with Crippen molar-refractivity contribution >= 4 is 11.9 Å². The van der Waals surface area contributed by atoms with E-state index in [1.54, 1.807) is 25.1 Å². The SMILES string of the molecule is COC(=O)CN(C)C(=O)c1cccc(C)n1. The summed E-state index contributed by atoms with van der Waals surface area (Å²) in [5.41, 5.74) is 1.09. The molecule has 0 bridgehead atoms. The molecule has 0 radical (unpaired) electrons. The van der Waals surface area contributed by atoms with Gasteiger partial charge in [-0.1, -0.05) is 6.07 Å². The summed E-state index contributed by atoms with van der Waals surface area (Å²) in [6.07, 6.45) is 0. The summed E-state index contributed by atoms with van der Waals surface area (Å²) in [5.74, 6) is -0.752. The number of rotatable bonds is 3. The van der Waals surface area contributed by atoms with Crippen molar-refractivity contribution in [3.05, 3.63) is 29.6 Å². The molecule has 16 heavy (non-hydrogen) atoms. The van der Waals surface area contributed by atoms with Gasteiger partial charge in [0.05, 0.1) is 7.11 Å². The van der Waals surface area contributed by atoms with E-state index in [-0.39, 0.29) is 12.5 Å². The molecule has 0 saturated heterocycles. The van der Waals surface area contributed by atoms with Crippen molar-refractivity contribution in [2.24, 2.45) is 0 Å². The average molecular weight is 222 g/mol. The smallest absolute Gasteiger partial charge is 0.325 e. The van der Waals surface area contributed by atoms with Gasteiger partial charge in [-0.15, -0.1) is 0 Å². The molecule has 0 spiro atoms. The topological polar surface area (TPSA) is 59.5 Å². The number of hydrogen-bond acceptors (Lipinski definition) is 4. The van der Waals surface area contributed by atoms with Crippen LogP contribution >= 0.6 is 0 Å². The van der Waals surface area contributed by atoms with Gasteiger partial charge in [-0.2, -0.15) is 0 Å². The molecule has 1 aromatic heterocycles. The van der Waals surface area contributed by atoms with E-state index in [9.17, 15) is 9.59 Å². The first-order valence-corrected chi connectivity index (χ1v) is 4.80. The molecule has 0 unspecified atom stereocenters. The van der Waals surface area contributed by atoms with Crippen molar-refractivity contribution in [1.29, 1.82) is 0 Å². The van der Waals surface area contributed by atoms with Crippen LogP contribution in [0.15, 0.2) is 18.2 Å². The molecule has 0 atom stereocenters. The Labute approximate surface area is 94.0 Å². The van der Waals surface area contributed by atoms with Gasteiger partial charge in [0, 0.05) is 12.7 Å². The zero-order chi connectivity index (χ0) is 12.1. The molecule has 5 heteroatoms. The summed E-state index contributed by atoms with van der Waals surface area (Å²) in [7, 11) is 2.81. The number of carbonyl (C=O) groups is 2. The van der Waals surface area contributed by atoms with Crippen LogP contribution in [-0.4, -0.2) is 42.5 Å². The van der Waals surface area contributed by atoms with Gasteiger partial charge in [0.2, 0.25) is 0 Å². The van der Waals surface area contributed by atoms with Crippen LogP contribution in [0.25, 0.3) is 0 Å². The lowest BCUT2D eigenvalue weighted by molar-refractivity contribution is -0.141. The summed E-state index contributed by atoms with van der Waals surface area (Å²) < 4.78 is 4.48. The lowest BCUT2D eigenvalue weighted by atomic mass is 10.3. The van der Waals surface area contributed by atoms with E-state index in [0.717, 1.165) is 5.69 Å². The largest absolute Gasteiger partial charge is 0.468 e. The molecule has 86 valence electrons. The molecule has 0 aliphatic rings. The standard InChI is InChI=1S/C11H14N2O3/c1-8-5-4-6-9(12-8)11(15)13(2)7-10(14)16-3/h4-6H,7H2,1-3H3. The molecular weight excluding hydrogens is 208 g/mol. The maximum atomic E-state index is 11.8. The number of aryl methyl sites for hydroxylation is 1. The van der Waals surface area contributed by atoms with Crippen LogP contribution in [0.2, 0.25) is 0 Å². The maximum absolute atomic E-state index is 11.8. The molecular formula is C11H14N2O3. The third kappa shape index (κ3) is 3.05. The number of methoxy groups -OCH3 is 1. The van der Waals surface area contributed by atoms with Crippen molar-refractivity contribution < 1.29 is 14.3 Å². The Morgan fingerprint density at radius 3 is 2.69 bits per heavy atom. The minimum atomic E-state index is -0.455. The second-order valence-corrected chi connectivity index (χ2v) is 3.40. The number of nitrogens with zero attached hydrogens (tertiary/aromatic N) is 2. The van der Waals surface area contributed by atoms with Crippen molar-refractivity contribution in [1.82, 2.24) is 9.88 Å². The molecule has 0 aromatic carbocycles. The number of ether oxygens (including phenoxy) is 1. The maximum Gasteiger partial charge on any atom is 0.325 e. The summed E-state index contributed by atoms with van der Waals surface area (Å²) >= 11 is 0. The Kier molecular flexibility index (Phi) is 3.99. The highest BCUT2D eigenvalue weighted by Gasteiger charge is 2.16. The number of esters is 1. The van der Waals surface area contributed by atoms with Crippen LogP contribution in [0.5, 0.6) is 0 Å². The minimum absolute atomic E-state index is 0.0784. The fourth-order valence-electron chi connectivity index (χ4n) is 1.19. The zero-order valence-electron chi connectivity index (χ0n) is 9.56. The van der Waals surface area contributed by atoms with Crippen LogP contribution in [0, 0.1) is 6.92 Å². The van der Waals surface area contributed by atoms with Crippen LogP contribution in [0.1, 0.15) is 16.2 Å². The number of hydrogen-bond donors (Lipinski definition) is 0. The van der Waals surface area contributed by atoms with Crippen LogP contribution in [-0.2, 0) is 9.53 Å². The van der Waals surface area contributed by atoms with E-state index in [1.165, 1.54) is 19.1 Å². The summed E-state index contributed by atoms with van der Waals surface area (Å²) in [4.78, 5) is 28.1. The highest BCUT2D eigenvalue weighted by molar-refractivity contribution is 5.94. The van der Waals surface area contributed by atoms with E-state index in [2.05, 4.69) is 9.72 Å². The molecule has 0 aliphatic heterocycles. The van der Waals surface area contributed by atoms with E-state index >= 15 is 0 Å². The van der Waals surface area contributed by atoms with Gasteiger partial charge >= 0.3 is 5.97 Å². The van der Waals surface area contributed by atoms with Gasteiger partial charge in [-0.3, -0.25) is 9.59 Å². The molecule has 1 heterocycles. The zero-order valence-corrected chi connectivity index (χ0v) is 9.56. The molecule has 0 aliphatic carbocycles. The minimum Gasteiger partial charge on any atom is -0.468 e. The van der Waals surface area contributed by atoms with E-state index in [0.29, 0.717) is 5.69 Å². The van der Waals surface area contributed by atoms with Crippen molar-refractivity contribution in [3.8, 4) is 0 Å². The third-order valence-electron chi connectivity index (χ3n) is 2.05. The lowest BCUT2D eigenvalue weighted by Crippen LogP contribution is -2.33. The Balaban J connectivity index is 2.74. The number of aromatic nitrogens is 1. The van der Waals surface area contributed by atoms with E-state index < -0.39 is 5.97 Å². The Bertz CT molecular complexity index is 404. The Hall–Kier alpha value is -1.91. The van der Waals surface area contributed by atoms with Crippen molar-refractivity contribution in [3.63, 3.8) is 0 Å². The molecule has 0 saturated carbocycles. The molecule has 1 rings (SSSR count). The fourth-order valence-corrected chi connectivity index (χ4v) is 1.19. The van der Waals surface area contributed by atoms with Crippen molar-refractivity contribution in [2.45, 2.75) is 6.92 Å². The summed E-state index contributed by atoms with van der Waals surface area (Å²) in [5, 5.41) is 0. The molecule has 0 N–H and O–H groups in total. The monoisotopic (exact) mass is 222 g/mol. The molecule has 1 aromatic rings. The number of carbonyl (C=O) groups excluding carboxylic acids is 2. The highest BCUT2D eigenvalue weighted by atomic mass is 16.5. The number of pyridine rings is 1. The predicted octanol–water partition coefficient (Wildman–Crippen LogP) is 0.635. The Morgan fingerprint density at radius 2 is 2.12 bits per heavy atom. The van der Waals surface area contributed by atoms with Gasteiger partial charge in [-0.05, 0) is 19.1 Å². The van der Waals surface area contributed by atoms with Crippen LogP contribution < -0.4 is 0 Å². The van der Waals surface area contributed by atoms with E-state index in [1.807, 2.05) is 0 Å². The van der Waals surface area contributed by atoms with Gasteiger partial charge in [0.1, 0.15) is 12.2 Å². The average Bonchev–Trinajstić information content (AvgIpc) is 2.27. The highest BCUT2D eigenvalue weighted by Crippen LogP contribution is 2.02.